The van der Waals surface area contributed by atoms with Crippen molar-refractivity contribution in [3.05, 3.63) is 59.2 Å². The number of nitrogens with zero attached hydrogens (tertiary/aromatic N) is 1. The minimum absolute atomic E-state index is 0.0724. The summed E-state index contributed by atoms with van der Waals surface area (Å²) in [5.41, 5.74) is 11.6. The van der Waals surface area contributed by atoms with Crippen molar-refractivity contribution in [2.24, 2.45) is 10.7 Å². The molecule has 1 aliphatic carbocycles. The Hall–Kier alpha value is -2.82. The normalized spacial score (nSPS) is 12.5. The van der Waals surface area contributed by atoms with Gasteiger partial charge in [-0.05, 0) is 41.2 Å². The first-order chi connectivity index (χ1) is 11.2. The number of nitrogens with one attached hydrogen (secondary N) is 1. The van der Waals surface area contributed by atoms with E-state index in [-0.39, 0.29) is 12.6 Å². The molecule has 1 aliphatic rings. The van der Waals surface area contributed by atoms with Crippen LogP contribution in [0.15, 0.2) is 47.5 Å². The van der Waals surface area contributed by atoms with Gasteiger partial charge in [-0.25, -0.2) is 4.79 Å². The van der Waals surface area contributed by atoms with Gasteiger partial charge in [0.1, 0.15) is 6.61 Å². The smallest absolute Gasteiger partial charge is 0.414 e. The number of nitrogens with two attached hydrogens (primary N) is 1. The van der Waals surface area contributed by atoms with Gasteiger partial charge in [0.15, 0.2) is 5.96 Å². The van der Waals surface area contributed by atoms with Gasteiger partial charge in [-0.1, -0.05) is 42.5 Å². The highest BCUT2D eigenvalue weighted by Gasteiger charge is 2.20. The average molecular weight is 309 g/mol. The van der Waals surface area contributed by atoms with Crippen molar-refractivity contribution in [1.82, 2.24) is 5.32 Å². The van der Waals surface area contributed by atoms with Gasteiger partial charge in [0.25, 0.3) is 0 Å². The summed E-state index contributed by atoms with van der Waals surface area (Å²) in [6.45, 7) is 2.56. The summed E-state index contributed by atoms with van der Waals surface area (Å²) in [5, 5.41) is 2.40. The second-order valence-electron chi connectivity index (χ2n) is 5.34. The number of carbonyl (C=O) groups is 1. The molecule has 5 nitrogen and oxygen atoms in total. The predicted molar refractivity (Wildman–Crippen MR) is 90.2 cm³/mol. The van der Waals surface area contributed by atoms with Gasteiger partial charge in [-0.3, -0.25) is 10.3 Å². The largest absolute Gasteiger partial charge is 0.444 e. The van der Waals surface area contributed by atoms with Gasteiger partial charge >= 0.3 is 6.09 Å². The molecule has 1 amide bonds. The number of guanidine groups is 1. The van der Waals surface area contributed by atoms with E-state index in [0.717, 1.165) is 12.0 Å². The Labute approximate surface area is 135 Å². The summed E-state index contributed by atoms with van der Waals surface area (Å²) in [5.74, 6) is 0.0724. The van der Waals surface area contributed by atoms with E-state index in [0.29, 0.717) is 6.54 Å². The fourth-order valence-corrected chi connectivity index (χ4v) is 2.85. The van der Waals surface area contributed by atoms with E-state index in [1.54, 1.807) is 0 Å². The van der Waals surface area contributed by atoms with Crippen LogP contribution in [0.2, 0.25) is 0 Å². The number of hydrogen-bond acceptors (Lipinski definition) is 3. The van der Waals surface area contributed by atoms with Gasteiger partial charge in [0.05, 0.1) is 0 Å². The van der Waals surface area contributed by atoms with Crippen LogP contribution >= 0.6 is 0 Å². The van der Waals surface area contributed by atoms with E-state index >= 15 is 0 Å². The topological polar surface area (TPSA) is 76.7 Å². The van der Waals surface area contributed by atoms with Crippen LogP contribution < -0.4 is 11.1 Å². The molecule has 0 aliphatic heterocycles. The lowest BCUT2D eigenvalue weighted by Crippen LogP contribution is -2.37. The Balaban J connectivity index is 1.72. The standard InChI is InChI=1S/C18H19N3O2/c1-2-20-17(19)21-18(22)23-11-13-7-5-9-15-14-8-4-3-6-12(14)10-16(13)15/h3-9H,2,10-11H2,1H3,(H3,19,20,21,22). The molecule has 5 heteroatoms. The van der Waals surface area contributed by atoms with Crippen LogP contribution in [0.3, 0.4) is 0 Å². The summed E-state index contributed by atoms with van der Waals surface area (Å²) >= 11 is 0. The summed E-state index contributed by atoms with van der Waals surface area (Å²) in [6, 6.07) is 14.4. The Morgan fingerprint density at radius 2 is 2.00 bits per heavy atom. The Bertz CT molecular complexity index is 769. The first-order valence-corrected chi connectivity index (χ1v) is 7.61. The minimum atomic E-state index is -0.590. The first-order valence-electron chi connectivity index (χ1n) is 7.61. The number of rotatable bonds is 3. The van der Waals surface area contributed by atoms with E-state index in [4.69, 9.17) is 10.5 Å². The van der Waals surface area contributed by atoms with E-state index in [1.807, 2.05) is 31.2 Å². The van der Waals surface area contributed by atoms with Crippen LogP contribution in [0.1, 0.15) is 23.6 Å². The third-order valence-electron chi connectivity index (χ3n) is 3.87. The van der Waals surface area contributed by atoms with Crippen LogP contribution in [0.4, 0.5) is 4.79 Å². The molecule has 0 radical (unpaired) electrons. The molecule has 2 aromatic rings. The second-order valence-corrected chi connectivity index (χ2v) is 5.34. The number of hydrogen-bond donors (Lipinski definition) is 2. The van der Waals surface area contributed by atoms with Gasteiger partial charge < -0.3 is 10.5 Å². The maximum atomic E-state index is 11.7. The SMILES string of the molecule is CCN=C(N)NC(=O)OCc1cccc2c1Cc1ccccc1-2. The second kappa shape index (κ2) is 6.52. The lowest BCUT2D eigenvalue weighted by Gasteiger charge is -2.10. The molecule has 0 saturated carbocycles. The molecule has 0 saturated heterocycles. The van der Waals surface area contributed by atoms with E-state index < -0.39 is 6.09 Å². The van der Waals surface area contributed by atoms with Crippen molar-refractivity contribution in [3.63, 3.8) is 0 Å². The molecule has 0 atom stereocenters. The monoisotopic (exact) mass is 309 g/mol. The number of carbonyl (C=O) groups excluding carboxylic acids is 1. The Morgan fingerprint density at radius 1 is 1.22 bits per heavy atom. The van der Waals surface area contributed by atoms with Gasteiger partial charge in [-0.15, -0.1) is 0 Å². The molecule has 0 bridgehead atoms. The van der Waals surface area contributed by atoms with Gasteiger partial charge in [0.2, 0.25) is 0 Å². The lowest BCUT2D eigenvalue weighted by molar-refractivity contribution is 0.144. The zero-order valence-corrected chi connectivity index (χ0v) is 13.0. The molecule has 0 spiro atoms. The zero-order chi connectivity index (χ0) is 16.2. The Kier molecular flexibility index (Phi) is 4.28. The van der Waals surface area contributed by atoms with Crippen molar-refractivity contribution < 1.29 is 9.53 Å². The molecule has 23 heavy (non-hydrogen) atoms. The molecule has 2 aromatic carbocycles. The van der Waals surface area contributed by atoms with Crippen LogP contribution in [0.5, 0.6) is 0 Å². The number of fused-ring (bicyclic) bond motifs is 3. The molecule has 0 unspecified atom stereocenters. The molecule has 118 valence electrons. The molecule has 0 heterocycles. The highest BCUT2D eigenvalue weighted by atomic mass is 16.5. The number of amides is 1. The fraction of sp³-hybridized carbons (Fsp3) is 0.222. The molecule has 3 rings (SSSR count). The third-order valence-corrected chi connectivity index (χ3v) is 3.87. The third kappa shape index (κ3) is 3.18. The molecular weight excluding hydrogens is 290 g/mol. The first kappa shape index (κ1) is 15.1. The number of aliphatic imine (C=N–C) groups is 1. The molecule has 3 N–H and O–H groups in total. The van der Waals surface area contributed by atoms with Crippen molar-refractivity contribution in [3.8, 4) is 11.1 Å². The van der Waals surface area contributed by atoms with Gasteiger partial charge in [-0.2, -0.15) is 0 Å². The minimum Gasteiger partial charge on any atom is -0.444 e. The molecule has 0 fully saturated rings. The van der Waals surface area contributed by atoms with Crippen LogP contribution in [0.25, 0.3) is 11.1 Å². The summed E-state index contributed by atoms with van der Waals surface area (Å²) in [7, 11) is 0. The van der Waals surface area contributed by atoms with E-state index in [9.17, 15) is 4.79 Å². The van der Waals surface area contributed by atoms with Crippen molar-refractivity contribution in [2.45, 2.75) is 20.0 Å². The van der Waals surface area contributed by atoms with Crippen molar-refractivity contribution >= 4 is 12.1 Å². The average Bonchev–Trinajstić information content (AvgIpc) is 2.92. The fourth-order valence-electron chi connectivity index (χ4n) is 2.85. The van der Waals surface area contributed by atoms with Crippen molar-refractivity contribution in [1.29, 1.82) is 0 Å². The summed E-state index contributed by atoms with van der Waals surface area (Å²) in [4.78, 5) is 15.6. The highest BCUT2D eigenvalue weighted by Crippen LogP contribution is 2.38. The highest BCUT2D eigenvalue weighted by molar-refractivity contribution is 5.92. The summed E-state index contributed by atoms with van der Waals surface area (Å²) < 4.78 is 5.26. The maximum Gasteiger partial charge on any atom is 0.414 e. The van der Waals surface area contributed by atoms with Crippen LogP contribution in [-0.2, 0) is 17.8 Å². The number of ether oxygens (including phenoxy) is 1. The quantitative estimate of drug-likeness (QED) is 0.577. The van der Waals surface area contributed by atoms with E-state index in [1.165, 1.54) is 22.3 Å². The van der Waals surface area contributed by atoms with Crippen LogP contribution in [-0.4, -0.2) is 18.6 Å². The molecule has 0 aromatic heterocycles. The number of alkyl carbamates (subject to hydrolysis) is 1. The molecular formula is C18H19N3O2. The lowest BCUT2D eigenvalue weighted by atomic mass is 10.0. The zero-order valence-electron chi connectivity index (χ0n) is 13.0. The predicted octanol–water partition coefficient (Wildman–Crippen LogP) is 2.82. The summed E-state index contributed by atoms with van der Waals surface area (Å²) in [6.07, 6.45) is 0.277. The Morgan fingerprint density at radius 3 is 2.83 bits per heavy atom. The van der Waals surface area contributed by atoms with Gasteiger partial charge in [0, 0.05) is 6.54 Å². The van der Waals surface area contributed by atoms with E-state index in [2.05, 4.69) is 28.5 Å². The van der Waals surface area contributed by atoms with Crippen molar-refractivity contribution in [2.75, 3.05) is 6.54 Å². The van der Waals surface area contributed by atoms with Crippen LogP contribution in [0, 0.1) is 0 Å². The maximum absolute atomic E-state index is 11.7. The number of benzene rings is 2.